The zero-order valence-electron chi connectivity index (χ0n) is 15.8. The molecule has 2 unspecified atom stereocenters. The van der Waals surface area contributed by atoms with Crippen LogP contribution in [0.1, 0.15) is 65.7 Å². The summed E-state index contributed by atoms with van der Waals surface area (Å²) >= 11 is 0. The first-order valence-electron chi connectivity index (χ1n) is 9.52. The Kier molecular flexibility index (Phi) is 6.47. The third-order valence-electron chi connectivity index (χ3n) is 5.30. The lowest BCUT2D eigenvalue weighted by Crippen LogP contribution is -2.52. The highest BCUT2D eigenvalue weighted by Crippen LogP contribution is 2.28. The van der Waals surface area contributed by atoms with Crippen molar-refractivity contribution in [3.8, 4) is 0 Å². The van der Waals surface area contributed by atoms with E-state index in [2.05, 4.69) is 0 Å². The molecule has 0 aromatic rings. The van der Waals surface area contributed by atoms with Gasteiger partial charge < -0.3 is 14.9 Å². The van der Waals surface area contributed by atoms with Gasteiger partial charge in [0.25, 0.3) is 0 Å². The van der Waals surface area contributed by atoms with Gasteiger partial charge in [-0.25, -0.2) is 0 Å². The predicted octanol–water partition coefficient (Wildman–Crippen LogP) is 2.52. The summed E-state index contributed by atoms with van der Waals surface area (Å²) in [6.45, 7) is 7.67. The van der Waals surface area contributed by atoms with Gasteiger partial charge in [-0.15, -0.1) is 0 Å². The summed E-state index contributed by atoms with van der Waals surface area (Å²) in [6, 6.07) is 0.0334. The van der Waals surface area contributed by atoms with Crippen LogP contribution in [0, 0.1) is 11.3 Å². The molecule has 2 rings (SSSR count). The Morgan fingerprint density at radius 3 is 2.40 bits per heavy atom. The Hall–Kier alpha value is -1.59. The number of piperidine rings is 2. The van der Waals surface area contributed by atoms with Crippen molar-refractivity contribution in [1.82, 2.24) is 9.80 Å². The third-order valence-corrected chi connectivity index (χ3v) is 5.30. The minimum Gasteiger partial charge on any atom is -0.481 e. The number of amides is 2. The SMILES string of the molecule is CC(C)(C)C(=O)N1CCCC(C(=O)N2CCCCC2CCC(=O)O)C1. The van der Waals surface area contributed by atoms with Crippen molar-refractivity contribution < 1.29 is 19.5 Å². The lowest BCUT2D eigenvalue weighted by atomic mass is 9.89. The fourth-order valence-electron chi connectivity index (χ4n) is 3.95. The van der Waals surface area contributed by atoms with Crippen LogP contribution in [0.2, 0.25) is 0 Å². The Bertz CT molecular complexity index is 512. The number of rotatable bonds is 4. The Morgan fingerprint density at radius 2 is 1.76 bits per heavy atom. The first-order chi connectivity index (χ1) is 11.7. The van der Waals surface area contributed by atoms with Gasteiger partial charge in [-0.05, 0) is 38.5 Å². The lowest BCUT2D eigenvalue weighted by molar-refractivity contribution is -0.148. The van der Waals surface area contributed by atoms with Gasteiger partial charge in [-0.2, -0.15) is 0 Å². The maximum absolute atomic E-state index is 13.1. The topological polar surface area (TPSA) is 77.9 Å². The highest BCUT2D eigenvalue weighted by atomic mass is 16.4. The van der Waals surface area contributed by atoms with Gasteiger partial charge in [0.05, 0.1) is 5.92 Å². The van der Waals surface area contributed by atoms with E-state index in [1.807, 2.05) is 30.6 Å². The van der Waals surface area contributed by atoms with Crippen molar-refractivity contribution in [2.75, 3.05) is 19.6 Å². The molecule has 2 aliphatic rings. The summed E-state index contributed by atoms with van der Waals surface area (Å²) in [5.74, 6) is -0.740. The Balaban J connectivity index is 2.01. The maximum Gasteiger partial charge on any atom is 0.303 e. The number of likely N-dealkylation sites (tertiary alicyclic amines) is 2. The summed E-state index contributed by atoms with van der Waals surface area (Å²) in [4.78, 5) is 40.2. The van der Waals surface area contributed by atoms with Crippen molar-refractivity contribution in [2.24, 2.45) is 11.3 Å². The molecule has 6 heteroatoms. The minimum absolute atomic E-state index is 0.0334. The molecule has 0 aromatic heterocycles. The van der Waals surface area contributed by atoms with E-state index in [9.17, 15) is 14.4 Å². The normalized spacial score (nSPS) is 24.9. The van der Waals surface area contributed by atoms with E-state index in [1.54, 1.807) is 0 Å². The highest BCUT2D eigenvalue weighted by molar-refractivity contribution is 5.84. The standard InChI is InChI=1S/C19H32N2O4/c1-19(2,3)18(25)20-11-6-7-14(13-20)17(24)21-12-5-4-8-15(21)9-10-16(22)23/h14-15H,4-13H2,1-3H3,(H,22,23). The van der Waals surface area contributed by atoms with Crippen LogP contribution in [0.3, 0.4) is 0 Å². The summed E-state index contributed by atoms with van der Waals surface area (Å²) in [6.07, 6.45) is 5.21. The summed E-state index contributed by atoms with van der Waals surface area (Å²) in [5.41, 5.74) is -0.430. The third kappa shape index (κ3) is 5.19. The zero-order valence-corrected chi connectivity index (χ0v) is 15.8. The summed E-state index contributed by atoms with van der Waals surface area (Å²) < 4.78 is 0. The molecule has 2 heterocycles. The first-order valence-corrected chi connectivity index (χ1v) is 9.52. The average molecular weight is 352 g/mol. The molecule has 1 N–H and O–H groups in total. The van der Waals surface area contributed by atoms with Gasteiger partial charge in [0, 0.05) is 37.5 Å². The molecular formula is C19H32N2O4. The van der Waals surface area contributed by atoms with Crippen LogP contribution in [0.5, 0.6) is 0 Å². The number of carbonyl (C=O) groups is 3. The van der Waals surface area contributed by atoms with Crippen LogP contribution in [0.4, 0.5) is 0 Å². The van der Waals surface area contributed by atoms with Crippen molar-refractivity contribution >= 4 is 17.8 Å². The zero-order chi connectivity index (χ0) is 18.6. The number of carbonyl (C=O) groups excluding carboxylic acids is 2. The smallest absolute Gasteiger partial charge is 0.303 e. The molecule has 142 valence electrons. The fraction of sp³-hybridized carbons (Fsp3) is 0.842. The Labute approximate surface area is 150 Å². The van der Waals surface area contributed by atoms with Gasteiger partial charge in [0.2, 0.25) is 11.8 Å². The molecule has 0 aromatic carbocycles. The van der Waals surface area contributed by atoms with E-state index in [0.29, 0.717) is 19.5 Å². The number of carboxylic acids is 1. The van der Waals surface area contributed by atoms with E-state index >= 15 is 0 Å². The number of hydrogen-bond donors (Lipinski definition) is 1. The van der Waals surface area contributed by atoms with Crippen LogP contribution in [-0.4, -0.2) is 58.4 Å². The molecule has 2 fully saturated rings. The van der Waals surface area contributed by atoms with Crippen LogP contribution < -0.4 is 0 Å². The highest BCUT2D eigenvalue weighted by Gasteiger charge is 2.37. The molecule has 25 heavy (non-hydrogen) atoms. The van der Waals surface area contributed by atoms with Gasteiger partial charge in [0.1, 0.15) is 0 Å². The number of hydrogen-bond acceptors (Lipinski definition) is 3. The van der Waals surface area contributed by atoms with Crippen molar-refractivity contribution in [3.05, 3.63) is 0 Å². The molecule has 0 radical (unpaired) electrons. The second-order valence-corrected chi connectivity index (χ2v) is 8.45. The van der Waals surface area contributed by atoms with Crippen LogP contribution >= 0.6 is 0 Å². The van der Waals surface area contributed by atoms with Gasteiger partial charge in [-0.1, -0.05) is 20.8 Å². The van der Waals surface area contributed by atoms with Crippen LogP contribution in [-0.2, 0) is 14.4 Å². The molecule has 0 bridgehead atoms. The van der Waals surface area contributed by atoms with Crippen LogP contribution in [0.15, 0.2) is 0 Å². The predicted molar refractivity (Wildman–Crippen MR) is 95.0 cm³/mol. The fourth-order valence-corrected chi connectivity index (χ4v) is 3.95. The molecule has 2 atom stereocenters. The van der Waals surface area contributed by atoms with Crippen molar-refractivity contribution in [3.63, 3.8) is 0 Å². The molecule has 2 aliphatic heterocycles. The minimum atomic E-state index is -0.808. The first kappa shape index (κ1) is 19.7. The molecule has 0 aliphatic carbocycles. The Morgan fingerprint density at radius 1 is 1.04 bits per heavy atom. The number of aliphatic carboxylic acids is 1. The number of carboxylic acid groups (broad SMARTS) is 1. The molecule has 6 nitrogen and oxygen atoms in total. The van der Waals surface area contributed by atoms with E-state index in [-0.39, 0.29) is 30.2 Å². The molecular weight excluding hydrogens is 320 g/mol. The average Bonchev–Trinajstić information content (AvgIpc) is 2.58. The van der Waals surface area contributed by atoms with Crippen molar-refractivity contribution in [2.45, 2.75) is 71.8 Å². The second kappa shape index (κ2) is 8.19. The lowest BCUT2D eigenvalue weighted by Gasteiger charge is -2.41. The van der Waals surface area contributed by atoms with Gasteiger partial charge in [0.15, 0.2) is 0 Å². The quantitative estimate of drug-likeness (QED) is 0.843. The van der Waals surface area contributed by atoms with Crippen molar-refractivity contribution in [1.29, 1.82) is 0 Å². The van der Waals surface area contributed by atoms with E-state index in [1.165, 1.54) is 0 Å². The largest absolute Gasteiger partial charge is 0.481 e. The van der Waals surface area contributed by atoms with E-state index in [0.717, 1.165) is 38.6 Å². The second-order valence-electron chi connectivity index (χ2n) is 8.45. The summed E-state index contributed by atoms with van der Waals surface area (Å²) in [5, 5.41) is 8.94. The molecule has 2 amide bonds. The molecule has 2 saturated heterocycles. The van der Waals surface area contributed by atoms with Gasteiger partial charge >= 0.3 is 5.97 Å². The maximum atomic E-state index is 13.1. The molecule has 0 saturated carbocycles. The van der Waals surface area contributed by atoms with E-state index in [4.69, 9.17) is 5.11 Å². The van der Waals surface area contributed by atoms with E-state index < -0.39 is 11.4 Å². The summed E-state index contributed by atoms with van der Waals surface area (Å²) in [7, 11) is 0. The van der Waals surface area contributed by atoms with Crippen LogP contribution in [0.25, 0.3) is 0 Å². The molecule has 0 spiro atoms. The number of nitrogens with zero attached hydrogens (tertiary/aromatic N) is 2. The van der Waals surface area contributed by atoms with Gasteiger partial charge in [-0.3, -0.25) is 14.4 Å². The monoisotopic (exact) mass is 352 g/mol.